The van der Waals surface area contributed by atoms with E-state index < -0.39 is 5.91 Å². The van der Waals surface area contributed by atoms with Gasteiger partial charge in [0.2, 0.25) is 0 Å². The van der Waals surface area contributed by atoms with Crippen LogP contribution in [0.5, 0.6) is 0 Å². The van der Waals surface area contributed by atoms with Crippen LogP contribution in [0, 0.1) is 0 Å². The third-order valence-corrected chi connectivity index (χ3v) is 3.25. The van der Waals surface area contributed by atoms with Crippen LogP contribution in [0.3, 0.4) is 0 Å². The molecule has 15 heavy (non-hydrogen) atoms. The molecule has 3 nitrogen and oxygen atoms in total. The Kier molecular flexibility index (Phi) is 2.70. The Morgan fingerprint density at radius 3 is 2.53 bits per heavy atom. The van der Waals surface area contributed by atoms with Gasteiger partial charge in [0.05, 0.1) is 5.02 Å². The van der Waals surface area contributed by atoms with Gasteiger partial charge in [0.15, 0.2) is 0 Å². The highest BCUT2D eigenvalue weighted by Crippen LogP contribution is 2.32. The Balaban J connectivity index is 2.52. The second kappa shape index (κ2) is 4.00. The number of carbonyl (C=O) groups excluding carboxylic acids is 1. The lowest BCUT2D eigenvalue weighted by atomic mass is 10.1. The fraction of sp³-hybridized carbons (Fsp3) is 0. The van der Waals surface area contributed by atoms with E-state index >= 15 is 0 Å². The predicted octanol–water partition coefficient (Wildman–Crippen LogP) is 2.56. The van der Waals surface area contributed by atoms with Gasteiger partial charge in [-0.15, -0.1) is 0 Å². The Morgan fingerprint density at radius 1 is 1.33 bits per heavy atom. The summed E-state index contributed by atoms with van der Waals surface area (Å²) in [7, 11) is 0. The predicted molar refractivity (Wildman–Crippen MR) is 61.1 cm³/mol. The summed E-state index contributed by atoms with van der Waals surface area (Å²) in [4.78, 5) is 11.3. The molecular formula is C10H7ClN2OS. The molecule has 0 aliphatic carbocycles. The summed E-state index contributed by atoms with van der Waals surface area (Å²) in [6.07, 6.45) is 0. The van der Waals surface area contributed by atoms with Gasteiger partial charge in [-0.2, -0.15) is 4.37 Å². The topological polar surface area (TPSA) is 56.0 Å². The lowest BCUT2D eigenvalue weighted by molar-refractivity contribution is 0.100. The average Bonchev–Trinajstić information content (AvgIpc) is 2.61. The highest BCUT2D eigenvalue weighted by Gasteiger charge is 2.16. The van der Waals surface area contributed by atoms with Gasteiger partial charge in [0, 0.05) is 5.56 Å². The van der Waals surface area contributed by atoms with Gasteiger partial charge in [-0.25, -0.2) is 0 Å². The second-order valence-electron chi connectivity index (χ2n) is 2.90. The van der Waals surface area contributed by atoms with E-state index in [1.165, 1.54) is 0 Å². The van der Waals surface area contributed by atoms with Crippen molar-refractivity contribution in [3.05, 3.63) is 40.2 Å². The van der Waals surface area contributed by atoms with Crippen LogP contribution in [0.15, 0.2) is 30.3 Å². The number of benzene rings is 1. The van der Waals surface area contributed by atoms with Crippen molar-refractivity contribution in [2.45, 2.75) is 0 Å². The van der Waals surface area contributed by atoms with Crippen LogP contribution < -0.4 is 5.73 Å². The van der Waals surface area contributed by atoms with Gasteiger partial charge in [-0.05, 0) is 11.5 Å². The molecule has 0 atom stereocenters. The Morgan fingerprint density at radius 2 is 2.00 bits per heavy atom. The first-order valence-corrected chi connectivity index (χ1v) is 5.35. The van der Waals surface area contributed by atoms with Crippen molar-refractivity contribution in [2.75, 3.05) is 0 Å². The van der Waals surface area contributed by atoms with E-state index in [0.717, 1.165) is 17.1 Å². The average molecular weight is 239 g/mol. The maximum atomic E-state index is 11.0. The van der Waals surface area contributed by atoms with Gasteiger partial charge in [-0.3, -0.25) is 4.79 Å². The van der Waals surface area contributed by atoms with Gasteiger partial charge in [-0.1, -0.05) is 41.9 Å². The fourth-order valence-corrected chi connectivity index (χ4v) is 2.25. The van der Waals surface area contributed by atoms with Crippen LogP contribution >= 0.6 is 23.1 Å². The normalized spacial score (nSPS) is 10.2. The third-order valence-electron chi connectivity index (χ3n) is 1.91. The van der Waals surface area contributed by atoms with Crippen molar-refractivity contribution in [1.82, 2.24) is 4.37 Å². The maximum absolute atomic E-state index is 11.0. The molecule has 2 N–H and O–H groups in total. The molecule has 0 aliphatic heterocycles. The molecule has 1 amide bonds. The van der Waals surface area contributed by atoms with Crippen molar-refractivity contribution in [3.63, 3.8) is 0 Å². The molecule has 0 radical (unpaired) electrons. The molecule has 5 heteroatoms. The van der Waals surface area contributed by atoms with E-state index in [4.69, 9.17) is 17.3 Å². The fourth-order valence-electron chi connectivity index (χ4n) is 1.21. The van der Waals surface area contributed by atoms with Crippen molar-refractivity contribution < 1.29 is 4.79 Å². The number of hydrogen-bond acceptors (Lipinski definition) is 3. The largest absolute Gasteiger partial charge is 0.365 e. The highest BCUT2D eigenvalue weighted by atomic mass is 35.5. The lowest BCUT2D eigenvalue weighted by Crippen LogP contribution is -2.09. The van der Waals surface area contributed by atoms with Crippen LogP contribution in [0.4, 0.5) is 0 Å². The van der Waals surface area contributed by atoms with Crippen LogP contribution in [0.25, 0.3) is 11.3 Å². The van der Waals surface area contributed by atoms with E-state index in [9.17, 15) is 4.79 Å². The zero-order valence-electron chi connectivity index (χ0n) is 7.61. The third kappa shape index (κ3) is 1.86. The van der Waals surface area contributed by atoms with Crippen molar-refractivity contribution >= 4 is 29.0 Å². The van der Waals surface area contributed by atoms with E-state index in [2.05, 4.69) is 4.37 Å². The summed E-state index contributed by atoms with van der Waals surface area (Å²) in [5.41, 5.74) is 6.64. The first-order chi connectivity index (χ1) is 7.20. The number of halogens is 1. The number of aromatic nitrogens is 1. The number of carbonyl (C=O) groups is 1. The summed E-state index contributed by atoms with van der Waals surface area (Å²) < 4.78 is 4.12. The molecule has 1 heterocycles. The molecule has 2 aromatic rings. The van der Waals surface area contributed by atoms with Gasteiger partial charge >= 0.3 is 0 Å². The summed E-state index contributed by atoms with van der Waals surface area (Å²) in [5, 5.41) is 0.332. The number of nitrogens with two attached hydrogens (primary N) is 1. The van der Waals surface area contributed by atoms with E-state index in [-0.39, 0.29) is 0 Å². The Bertz CT molecular complexity index is 495. The molecule has 0 unspecified atom stereocenters. The van der Waals surface area contributed by atoms with E-state index in [0.29, 0.717) is 15.6 Å². The number of hydrogen-bond donors (Lipinski definition) is 1. The first kappa shape index (κ1) is 10.1. The van der Waals surface area contributed by atoms with Gasteiger partial charge < -0.3 is 5.73 Å². The number of rotatable bonds is 2. The van der Waals surface area contributed by atoms with Crippen LogP contribution in [-0.4, -0.2) is 10.3 Å². The summed E-state index contributed by atoms with van der Waals surface area (Å²) in [6, 6.07) is 9.43. The monoisotopic (exact) mass is 238 g/mol. The quantitative estimate of drug-likeness (QED) is 0.874. The molecule has 2 rings (SSSR count). The summed E-state index contributed by atoms with van der Waals surface area (Å²) in [5.74, 6) is -0.542. The molecule has 0 aliphatic rings. The molecule has 76 valence electrons. The highest BCUT2D eigenvalue weighted by molar-refractivity contribution is 7.09. The first-order valence-electron chi connectivity index (χ1n) is 4.20. The number of primary amides is 1. The molecule has 0 bridgehead atoms. The molecule has 0 saturated carbocycles. The minimum absolute atomic E-state index is 0.301. The van der Waals surface area contributed by atoms with Crippen molar-refractivity contribution in [2.24, 2.45) is 5.73 Å². The van der Waals surface area contributed by atoms with Crippen LogP contribution in [0.1, 0.15) is 9.67 Å². The molecular weight excluding hydrogens is 232 g/mol. The van der Waals surface area contributed by atoms with Crippen LogP contribution in [0.2, 0.25) is 5.02 Å². The zero-order valence-corrected chi connectivity index (χ0v) is 9.18. The lowest BCUT2D eigenvalue weighted by Gasteiger charge is -1.96. The molecule has 1 aromatic heterocycles. The molecule has 1 aromatic carbocycles. The Labute approximate surface area is 95.7 Å². The second-order valence-corrected chi connectivity index (χ2v) is 4.06. The zero-order chi connectivity index (χ0) is 10.8. The van der Waals surface area contributed by atoms with Gasteiger partial charge in [0.25, 0.3) is 5.91 Å². The van der Waals surface area contributed by atoms with E-state index in [1.54, 1.807) is 0 Å². The number of nitrogens with zero attached hydrogens (tertiary/aromatic N) is 1. The minimum Gasteiger partial charge on any atom is -0.365 e. The van der Waals surface area contributed by atoms with Crippen LogP contribution in [-0.2, 0) is 0 Å². The van der Waals surface area contributed by atoms with Crippen molar-refractivity contribution in [1.29, 1.82) is 0 Å². The smallest absolute Gasteiger partial charge is 0.261 e. The summed E-state index contributed by atoms with van der Waals surface area (Å²) >= 11 is 7.02. The maximum Gasteiger partial charge on any atom is 0.261 e. The minimum atomic E-state index is -0.542. The van der Waals surface area contributed by atoms with Gasteiger partial charge in [0.1, 0.15) is 10.6 Å². The van der Waals surface area contributed by atoms with E-state index in [1.807, 2.05) is 30.3 Å². The van der Waals surface area contributed by atoms with Crippen molar-refractivity contribution in [3.8, 4) is 11.3 Å². The SMILES string of the molecule is NC(=O)c1snc(-c2ccccc2)c1Cl. The molecule has 0 fully saturated rings. The standard InChI is InChI=1S/C10H7ClN2OS/c11-7-8(6-4-2-1-3-5-6)13-15-9(7)10(12)14/h1-5H,(H2,12,14). The summed E-state index contributed by atoms with van der Waals surface area (Å²) in [6.45, 7) is 0. The molecule has 0 spiro atoms. The molecule has 0 saturated heterocycles. The Hall–Kier alpha value is -1.39. The number of amides is 1.